The van der Waals surface area contributed by atoms with E-state index in [2.05, 4.69) is 11.4 Å². The molecule has 1 heterocycles. The van der Waals surface area contributed by atoms with E-state index < -0.39 is 0 Å². The number of ether oxygens (including phenoxy) is 1. The quantitative estimate of drug-likeness (QED) is 0.536. The van der Waals surface area contributed by atoms with E-state index in [4.69, 9.17) is 4.74 Å². The predicted octanol–water partition coefficient (Wildman–Crippen LogP) is 5.41. The lowest BCUT2D eigenvalue weighted by Gasteiger charge is -2.16. The van der Waals surface area contributed by atoms with Gasteiger partial charge in [-0.25, -0.2) is 4.90 Å². The fourth-order valence-corrected chi connectivity index (χ4v) is 3.99. The zero-order chi connectivity index (χ0) is 22.8. The molecule has 0 spiro atoms. The van der Waals surface area contributed by atoms with E-state index in [0.29, 0.717) is 29.2 Å². The third-order valence-electron chi connectivity index (χ3n) is 5.29. The predicted molar refractivity (Wildman–Crippen MR) is 128 cm³/mol. The first kappa shape index (κ1) is 21.4. The van der Waals surface area contributed by atoms with Crippen molar-refractivity contribution < 1.29 is 14.3 Å². The molecule has 0 atom stereocenters. The van der Waals surface area contributed by atoms with E-state index in [1.54, 1.807) is 6.07 Å². The molecule has 3 aromatic rings. The number of hydrogen-bond donors (Lipinski definition) is 1. The number of aryl methyl sites for hydroxylation is 3. The molecule has 5 nitrogen and oxygen atoms in total. The molecule has 0 saturated carbocycles. The summed E-state index contributed by atoms with van der Waals surface area (Å²) in [6, 6.07) is 20.6. The van der Waals surface area contributed by atoms with Gasteiger partial charge in [0.05, 0.1) is 17.9 Å². The summed E-state index contributed by atoms with van der Waals surface area (Å²) in [7, 11) is 0. The van der Waals surface area contributed by atoms with Gasteiger partial charge in [-0.2, -0.15) is 0 Å². The van der Waals surface area contributed by atoms with Gasteiger partial charge in [0.15, 0.2) is 0 Å². The van der Waals surface area contributed by atoms with Gasteiger partial charge in [-0.3, -0.25) is 9.59 Å². The van der Waals surface area contributed by atoms with E-state index in [1.807, 2.05) is 82.3 Å². The largest absolute Gasteiger partial charge is 0.494 e. The third-order valence-corrected chi connectivity index (χ3v) is 5.29. The van der Waals surface area contributed by atoms with Gasteiger partial charge in [0.1, 0.15) is 11.4 Å². The van der Waals surface area contributed by atoms with Crippen molar-refractivity contribution in [3.05, 3.63) is 94.7 Å². The normalized spacial score (nSPS) is 13.7. The minimum Gasteiger partial charge on any atom is -0.494 e. The fraction of sp³-hybridized carbons (Fsp3) is 0.185. The summed E-state index contributed by atoms with van der Waals surface area (Å²) in [6.07, 6.45) is 0. The highest BCUT2D eigenvalue weighted by Crippen LogP contribution is 2.34. The maximum atomic E-state index is 13.5. The van der Waals surface area contributed by atoms with Gasteiger partial charge in [-0.05, 0) is 86.3 Å². The number of nitrogens with one attached hydrogen (secondary N) is 1. The van der Waals surface area contributed by atoms with Gasteiger partial charge in [0.25, 0.3) is 11.8 Å². The van der Waals surface area contributed by atoms with Crippen molar-refractivity contribution in [2.45, 2.75) is 27.7 Å². The van der Waals surface area contributed by atoms with Crippen LogP contribution in [0.15, 0.2) is 72.4 Å². The lowest BCUT2D eigenvalue weighted by molar-refractivity contribution is -0.120. The van der Waals surface area contributed by atoms with Crippen LogP contribution in [0, 0.1) is 20.8 Å². The Morgan fingerprint density at radius 2 is 1.50 bits per heavy atom. The Hall–Kier alpha value is -3.86. The van der Waals surface area contributed by atoms with Crippen LogP contribution in [0.5, 0.6) is 5.75 Å². The molecule has 162 valence electrons. The average Bonchev–Trinajstić information content (AvgIpc) is 2.98. The molecule has 0 radical (unpaired) electrons. The number of amides is 2. The second-order valence-electron chi connectivity index (χ2n) is 7.99. The van der Waals surface area contributed by atoms with E-state index in [-0.39, 0.29) is 17.5 Å². The average molecular weight is 427 g/mol. The number of nitrogens with zero attached hydrogens (tertiary/aromatic N) is 1. The van der Waals surface area contributed by atoms with Crippen LogP contribution >= 0.6 is 0 Å². The molecule has 0 aromatic heterocycles. The minimum atomic E-state index is -0.372. The number of anilines is 2. The fourth-order valence-electron chi connectivity index (χ4n) is 3.99. The zero-order valence-electron chi connectivity index (χ0n) is 18.7. The Bertz CT molecular complexity index is 1210. The minimum absolute atomic E-state index is 0.269. The molecule has 1 aliphatic heterocycles. The Labute approximate surface area is 188 Å². The summed E-state index contributed by atoms with van der Waals surface area (Å²) >= 11 is 0. The Balaban J connectivity index is 1.81. The summed E-state index contributed by atoms with van der Waals surface area (Å²) in [5, 5.41) is 3.24. The monoisotopic (exact) mass is 426 g/mol. The first-order valence-corrected chi connectivity index (χ1v) is 10.7. The number of hydrogen-bond acceptors (Lipinski definition) is 4. The SMILES string of the molecule is CCOc1ccc(C2=C(Nc3cc(C)cc(C)c3)C(=O)N(c3cccc(C)c3)C2=O)cc1. The number of carbonyl (C=O) groups excluding carboxylic acids is 2. The summed E-state index contributed by atoms with van der Waals surface area (Å²) in [6.45, 7) is 8.41. The van der Waals surface area contributed by atoms with Crippen molar-refractivity contribution in [1.82, 2.24) is 0 Å². The molecule has 32 heavy (non-hydrogen) atoms. The van der Waals surface area contributed by atoms with E-state index in [1.165, 1.54) is 4.90 Å². The van der Waals surface area contributed by atoms with Crippen LogP contribution in [0.1, 0.15) is 29.2 Å². The van der Waals surface area contributed by atoms with Crippen LogP contribution in [-0.2, 0) is 9.59 Å². The number of benzene rings is 3. The van der Waals surface area contributed by atoms with Gasteiger partial charge in [0.2, 0.25) is 0 Å². The van der Waals surface area contributed by atoms with Crippen LogP contribution in [0.4, 0.5) is 11.4 Å². The molecule has 1 N–H and O–H groups in total. The highest BCUT2D eigenvalue weighted by Gasteiger charge is 2.40. The standard InChI is InChI=1S/C27H26N2O3/c1-5-32-23-11-9-20(10-12-23)24-25(28-21-14-18(3)13-19(4)15-21)27(31)29(26(24)30)22-8-6-7-17(2)16-22/h6-16,28H,5H2,1-4H3. The maximum absolute atomic E-state index is 13.5. The van der Waals surface area contributed by atoms with Crippen molar-refractivity contribution in [2.24, 2.45) is 0 Å². The van der Waals surface area contributed by atoms with Crippen LogP contribution in [-0.4, -0.2) is 18.4 Å². The first-order chi connectivity index (χ1) is 15.4. The van der Waals surface area contributed by atoms with Crippen LogP contribution in [0.2, 0.25) is 0 Å². The molecular formula is C27H26N2O3. The number of imide groups is 1. The molecule has 0 aliphatic carbocycles. The van der Waals surface area contributed by atoms with Crippen molar-refractivity contribution in [3.63, 3.8) is 0 Å². The van der Waals surface area contributed by atoms with Crippen molar-refractivity contribution in [2.75, 3.05) is 16.8 Å². The summed E-state index contributed by atoms with van der Waals surface area (Å²) in [5.74, 6) is -0.00624. The smallest absolute Gasteiger partial charge is 0.282 e. The Morgan fingerprint density at radius 1 is 0.812 bits per heavy atom. The molecule has 0 saturated heterocycles. The Kier molecular flexibility index (Phi) is 5.82. The van der Waals surface area contributed by atoms with Crippen LogP contribution < -0.4 is 15.0 Å². The molecule has 2 amide bonds. The molecule has 1 aliphatic rings. The molecular weight excluding hydrogens is 400 g/mol. The van der Waals surface area contributed by atoms with Crippen molar-refractivity contribution in [1.29, 1.82) is 0 Å². The molecule has 4 rings (SSSR count). The first-order valence-electron chi connectivity index (χ1n) is 10.7. The topological polar surface area (TPSA) is 58.6 Å². The van der Waals surface area contributed by atoms with E-state index >= 15 is 0 Å². The van der Waals surface area contributed by atoms with Gasteiger partial charge >= 0.3 is 0 Å². The maximum Gasteiger partial charge on any atom is 0.282 e. The number of rotatable bonds is 6. The lowest BCUT2D eigenvalue weighted by atomic mass is 10.0. The van der Waals surface area contributed by atoms with Crippen LogP contribution in [0.25, 0.3) is 5.57 Å². The highest BCUT2D eigenvalue weighted by atomic mass is 16.5. The molecule has 0 fully saturated rings. The van der Waals surface area contributed by atoms with Crippen molar-refractivity contribution in [3.8, 4) is 5.75 Å². The summed E-state index contributed by atoms with van der Waals surface area (Å²) in [5.41, 5.74) is 5.72. The number of carbonyl (C=O) groups is 2. The van der Waals surface area contributed by atoms with E-state index in [9.17, 15) is 9.59 Å². The van der Waals surface area contributed by atoms with Crippen molar-refractivity contribution >= 4 is 28.8 Å². The second kappa shape index (κ2) is 8.71. The third kappa shape index (κ3) is 4.14. The van der Waals surface area contributed by atoms with Gasteiger partial charge in [-0.15, -0.1) is 0 Å². The molecule has 0 unspecified atom stereocenters. The Morgan fingerprint density at radius 3 is 2.12 bits per heavy atom. The molecule has 3 aromatic carbocycles. The zero-order valence-corrected chi connectivity index (χ0v) is 18.7. The van der Waals surface area contributed by atoms with Gasteiger partial charge < -0.3 is 10.1 Å². The molecule has 0 bridgehead atoms. The summed E-state index contributed by atoms with van der Waals surface area (Å²) < 4.78 is 5.53. The van der Waals surface area contributed by atoms with E-state index in [0.717, 1.165) is 22.4 Å². The highest BCUT2D eigenvalue weighted by molar-refractivity contribution is 6.46. The van der Waals surface area contributed by atoms with Gasteiger partial charge in [-0.1, -0.05) is 30.3 Å². The lowest BCUT2D eigenvalue weighted by Crippen LogP contribution is -2.32. The summed E-state index contributed by atoms with van der Waals surface area (Å²) in [4.78, 5) is 28.3. The molecule has 5 heteroatoms. The van der Waals surface area contributed by atoms with Crippen LogP contribution in [0.3, 0.4) is 0 Å². The van der Waals surface area contributed by atoms with Gasteiger partial charge in [0, 0.05) is 5.69 Å². The second-order valence-corrected chi connectivity index (χ2v) is 7.99.